The van der Waals surface area contributed by atoms with Gasteiger partial charge in [-0.25, -0.2) is 0 Å². The Balaban J connectivity index is 1.92. The van der Waals surface area contributed by atoms with Gasteiger partial charge in [-0.2, -0.15) is 0 Å². The van der Waals surface area contributed by atoms with Crippen molar-refractivity contribution in [1.82, 2.24) is 0 Å². The molecule has 3 rings (SSSR count). The molecule has 112 valence electrons. The van der Waals surface area contributed by atoms with E-state index in [2.05, 4.69) is 0 Å². The molecule has 0 bridgehead atoms. The smallest absolute Gasteiger partial charge is 0.293 e. The number of nitrogens with two attached hydrogens (primary N) is 2. The highest BCUT2D eigenvalue weighted by molar-refractivity contribution is 5.94. The highest BCUT2D eigenvalue weighted by Crippen LogP contribution is 2.41. The molecule has 2 fully saturated rings. The summed E-state index contributed by atoms with van der Waals surface area (Å²) in [6.07, 6.45) is 2.11. The van der Waals surface area contributed by atoms with Crippen LogP contribution in [0.3, 0.4) is 0 Å². The Morgan fingerprint density at radius 3 is 2.71 bits per heavy atom. The maximum absolute atomic E-state index is 11.3. The molecule has 1 saturated heterocycles. The molecule has 1 aliphatic carbocycles. The van der Waals surface area contributed by atoms with Gasteiger partial charge in [-0.3, -0.25) is 14.9 Å². The highest BCUT2D eigenvalue weighted by atomic mass is 16.6. The largest absolute Gasteiger partial charge is 0.366 e. The van der Waals surface area contributed by atoms with Crippen molar-refractivity contribution >= 4 is 17.3 Å². The van der Waals surface area contributed by atoms with Crippen LogP contribution in [0.5, 0.6) is 0 Å². The highest BCUT2D eigenvalue weighted by Gasteiger charge is 2.42. The van der Waals surface area contributed by atoms with E-state index in [1.165, 1.54) is 6.07 Å². The minimum absolute atomic E-state index is 0.0696. The zero-order chi connectivity index (χ0) is 15.1. The second kappa shape index (κ2) is 5.00. The number of hydrogen-bond donors (Lipinski definition) is 2. The fraction of sp³-hybridized carbons (Fsp3) is 0.500. The van der Waals surface area contributed by atoms with E-state index in [1.54, 1.807) is 12.1 Å². The Morgan fingerprint density at radius 2 is 2.10 bits per heavy atom. The van der Waals surface area contributed by atoms with Crippen LogP contribution in [0.2, 0.25) is 0 Å². The molecule has 3 unspecified atom stereocenters. The summed E-state index contributed by atoms with van der Waals surface area (Å²) < 4.78 is 0. The quantitative estimate of drug-likeness (QED) is 0.633. The third kappa shape index (κ3) is 2.33. The maximum atomic E-state index is 11.3. The molecule has 21 heavy (non-hydrogen) atoms. The average molecular weight is 290 g/mol. The molecule has 3 atom stereocenters. The SMILES string of the molecule is NC(=O)c1ccc(N2CC3CCC(N)C3C2)c([N+](=O)[O-])c1. The molecule has 4 N–H and O–H groups in total. The molecular weight excluding hydrogens is 272 g/mol. The normalized spacial score (nSPS) is 27.7. The molecule has 7 heteroatoms. The number of nitrogens with zero attached hydrogens (tertiary/aromatic N) is 2. The number of fused-ring (bicyclic) bond motifs is 1. The van der Waals surface area contributed by atoms with Gasteiger partial charge in [0, 0.05) is 30.8 Å². The minimum atomic E-state index is -0.662. The monoisotopic (exact) mass is 290 g/mol. The van der Waals surface area contributed by atoms with E-state index in [4.69, 9.17) is 11.5 Å². The molecule has 7 nitrogen and oxygen atoms in total. The van der Waals surface area contributed by atoms with Crippen molar-refractivity contribution in [1.29, 1.82) is 0 Å². The summed E-state index contributed by atoms with van der Waals surface area (Å²) in [6, 6.07) is 4.60. The first-order chi connectivity index (χ1) is 9.97. The van der Waals surface area contributed by atoms with Gasteiger partial charge in [-0.15, -0.1) is 0 Å². The number of nitro groups is 1. The summed E-state index contributed by atoms with van der Waals surface area (Å²) in [4.78, 5) is 24.0. The molecular formula is C14H18N4O3. The Morgan fingerprint density at radius 1 is 1.33 bits per heavy atom. The van der Waals surface area contributed by atoms with Crippen molar-refractivity contribution in [2.24, 2.45) is 23.3 Å². The number of benzene rings is 1. The standard InChI is InChI=1S/C14H18N4O3/c15-11-3-1-9-6-17(7-10(9)11)12-4-2-8(14(16)19)5-13(12)18(20)21/h2,4-5,9-11H,1,3,6-7,15H2,(H2,16,19). The number of primary amides is 1. The van der Waals surface area contributed by atoms with Gasteiger partial charge >= 0.3 is 0 Å². The van der Waals surface area contributed by atoms with E-state index < -0.39 is 10.8 Å². The molecule has 1 aromatic carbocycles. The number of anilines is 1. The fourth-order valence-electron chi connectivity index (χ4n) is 3.59. The fourth-order valence-corrected chi connectivity index (χ4v) is 3.59. The summed E-state index contributed by atoms with van der Waals surface area (Å²) in [7, 11) is 0. The van der Waals surface area contributed by atoms with Gasteiger partial charge in [0.05, 0.1) is 4.92 Å². The average Bonchev–Trinajstić information content (AvgIpc) is 3.00. The van der Waals surface area contributed by atoms with Gasteiger partial charge < -0.3 is 16.4 Å². The predicted molar refractivity (Wildman–Crippen MR) is 78.0 cm³/mol. The lowest BCUT2D eigenvalue weighted by Gasteiger charge is -2.20. The predicted octanol–water partition coefficient (Wildman–Crippen LogP) is 0.867. The Kier molecular flexibility index (Phi) is 3.29. The van der Waals surface area contributed by atoms with Gasteiger partial charge in [0.2, 0.25) is 5.91 Å². The zero-order valence-electron chi connectivity index (χ0n) is 11.6. The Bertz CT molecular complexity index is 604. The molecule has 1 aromatic rings. The van der Waals surface area contributed by atoms with Crippen LogP contribution >= 0.6 is 0 Å². The maximum Gasteiger partial charge on any atom is 0.293 e. The van der Waals surface area contributed by atoms with Crippen LogP contribution in [0.15, 0.2) is 18.2 Å². The van der Waals surface area contributed by atoms with Crippen molar-refractivity contribution in [2.75, 3.05) is 18.0 Å². The number of hydrogen-bond acceptors (Lipinski definition) is 5. The molecule has 1 heterocycles. The van der Waals surface area contributed by atoms with Crippen LogP contribution < -0.4 is 16.4 Å². The van der Waals surface area contributed by atoms with Crippen molar-refractivity contribution in [3.05, 3.63) is 33.9 Å². The molecule has 1 aliphatic heterocycles. The molecule has 0 aromatic heterocycles. The molecule has 0 spiro atoms. The summed E-state index contributed by atoms with van der Waals surface area (Å²) in [5.41, 5.74) is 11.9. The van der Waals surface area contributed by atoms with Gasteiger partial charge in [-0.05, 0) is 36.8 Å². The van der Waals surface area contributed by atoms with Crippen LogP contribution in [0, 0.1) is 22.0 Å². The summed E-state index contributed by atoms with van der Waals surface area (Å²) in [5.74, 6) is 0.251. The number of nitro benzene ring substituents is 1. The van der Waals surface area contributed by atoms with Crippen LogP contribution in [0.25, 0.3) is 0 Å². The lowest BCUT2D eigenvalue weighted by Crippen LogP contribution is -2.30. The molecule has 2 aliphatic rings. The summed E-state index contributed by atoms with van der Waals surface area (Å²) in [5, 5.41) is 11.3. The van der Waals surface area contributed by atoms with Gasteiger partial charge in [0.15, 0.2) is 0 Å². The van der Waals surface area contributed by atoms with Gasteiger partial charge in [0.1, 0.15) is 5.69 Å². The van der Waals surface area contributed by atoms with E-state index in [9.17, 15) is 14.9 Å². The van der Waals surface area contributed by atoms with E-state index in [1.807, 2.05) is 4.90 Å². The van der Waals surface area contributed by atoms with Crippen molar-refractivity contribution < 1.29 is 9.72 Å². The van der Waals surface area contributed by atoms with Gasteiger partial charge in [0.25, 0.3) is 5.69 Å². The van der Waals surface area contributed by atoms with Crippen LogP contribution in [-0.4, -0.2) is 30.0 Å². The van der Waals surface area contributed by atoms with Crippen molar-refractivity contribution in [3.63, 3.8) is 0 Å². The van der Waals surface area contributed by atoms with E-state index in [0.717, 1.165) is 25.9 Å². The third-order valence-electron chi connectivity index (χ3n) is 4.71. The number of carbonyl (C=O) groups excluding carboxylic acids is 1. The number of rotatable bonds is 3. The second-order valence-electron chi connectivity index (χ2n) is 5.89. The van der Waals surface area contributed by atoms with Crippen LogP contribution in [0.1, 0.15) is 23.2 Å². The minimum Gasteiger partial charge on any atom is -0.366 e. The summed E-state index contributed by atoms with van der Waals surface area (Å²) in [6.45, 7) is 1.53. The summed E-state index contributed by atoms with van der Waals surface area (Å²) >= 11 is 0. The Hall–Kier alpha value is -2.15. The number of carbonyl (C=O) groups is 1. The van der Waals surface area contributed by atoms with E-state index >= 15 is 0 Å². The third-order valence-corrected chi connectivity index (χ3v) is 4.71. The van der Waals surface area contributed by atoms with Crippen molar-refractivity contribution in [3.8, 4) is 0 Å². The zero-order valence-corrected chi connectivity index (χ0v) is 11.6. The first-order valence-electron chi connectivity index (χ1n) is 7.06. The van der Waals surface area contributed by atoms with E-state index in [-0.39, 0.29) is 17.3 Å². The van der Waals surface area contributed by atoms with Crippen molar-refractivity contribution in [2.45, 2.75) is 18.9 Å². The topological polar surface area (TPSA) is 115 Å². The van der Waals surface area contributed by atoms with Gasteiger partial charge in [-0.1, -0.05) is 0 Å². The van der Waals surface area contributed by atoms with E-state index in [0.29, 0.717) is 17.5 Å². The van der Waals surface area contributed by atoms with Crippen LogP contribution in [-0.2, 0) is 0 Å². The van der Waals surface area contributed by atoms with Crippen LogP contribution in [0.4, 0.5) is 11.4 Å². The lowest BCUT2D eigenvalue weighted by molar-refractivity contribution is -0.384. The number of amides is 1. The first-order valence-corrected chi connectivity index (χ1v) is 7.06. The Labute approximate surface area is 122 Å². The lowest BCUT2D eigenvalue weighted by atomic mass is 9.98. The second-order valence-corrected chi connectivity index (χ2v) is 5.89. The molecule has 0 radical (unpaired) electrons. The molecule has 1 amide bonds. The molecule has 1 saturated carbocycles. The first kappa shape index (κ1) is 13.8.